The molecule has 0 bridgehead atoms. The van der Waals surface area contributed by atoms with E-state index in [-0.39, 0.29) is 57.7 Å². The SMILES string of the molecule is CCC(=O)c1c(C(=O)OC)c(-c2ccc(OC)c(OC)c2)c2c(OC)c(OC)c(OC)c(COC)c2c1O. The molecule has 0 aliphatic rings. The van der Waals surface area contributed by atoms with Gasteiger partial charge in [0.15, 0.2) is 28.8 Å². The first-order chi connectivity index (χ1) is 18.3. The summed E-state index contributed by atoms with van der Waals surface area (Å²) in [7, 11) is 9.96. The lowest BCUT2D eigenvalue weighted by molar-refractivity contribution is 0.0597. The van der Waals surface area contributed by atoms with E-state index in [1.807, 2.05) is 0 Å². The van der Waals surface area contributed by atoms with Crippen LogP contribution in [-0.4, -0.2) is 66.6 Å². The number of Topliss-reactive ketones (excluding diaryl/α,β-unsaturated/α-hetero) is 1. The van der Waals surface area contributed by atoms with Gasteiger partial charge in [-0.1, -0.05) is 13.0 Å². The highest BCUT2D eigenvalue weighted by Gasteiger charge is 2.35. The second kappa shape index (κ2) is 11.9. The molecule has 204 valence electrons. The Kier molecular flexibility index (Phi) is 8.90. The lowest BCUT2D eigenvalue weighted by atomic mass is 9.84. The van der Waals surface area contributed by atoms with E-state index in [9.17, 15) is 14.7 Å². The largest absolute Gasteiger partial charge is 0.506 e. The lowest BCUT2D eigenvalue weighted by Crippen LogP contribution is -2.14. The Morgan fingerprint density at radius 3 is 1.89 bits per heavy atom. The molecule has 38 heavy (non-hydrogen) atoms. The Morgan fingerprint density at radius 2 is 1.39 bits per heavy atom. The van der Waals surface area contributed by atoms with E-state index < -0.39 is 17.5 Å². The molecule has 0 spiro atoms. The Hall–Kier alpha value is -4.18. The van der Waals surface area contributed by atoms with Gasteiger partial charge in [-0.2, -0.15) is 0 Å². The third-order valence-corrected chi connectivity index (χ3v) is 6.25. The molecule has 0 unspecified atom stereocenters. The summed E-state index contributed by atoms with van der Waals surface area (Å²) in [4.78, 5) is 26.6. The molecule has 0 radical (unpaired) electrons. The monoisotopic (exact) mass is 528 g/mol. The van der Waals surface area contributed by atoms with Gasteiger partial charge >= 0.3 is 5.97 Å². The van der Waals surface area contributed by atoms with Crippen molar-refractivity contribution in [2.75, 3.05) is 49.8 Å². The van der Waals surface area contributed by atoms with Crippen LogP contribution in [0.25, 0.3) is 21.9 Å². The van der Waals surface area contributed by atoms with Crippen LogP contribution in [0.5, 0.6) is 34.5 Å². The van der Waals surface area contributed by atoms with Crippen LogP contribution in [0.1, 0.15) is 39.6 Å². The maximum atomic E-state index is 13.3. The summed E-state index contributed by atoms with van der Waals surface area (Å²) in [5.41, 5.74) is 0.793. The number of hydrogen-bond acceptors (Lipinski definition) is 10. The first kappa shape index (κ1) is 28.4. The van der Waals surface area contributed by atoms with Crippen LogP contribution in [0.4, 0.5) is 0 Å². The van der Waals surface area contributed by atoms with Crippen molar-refractivity contribution < 1.29 is 47.9 Å². The molecular formula is C28H32O10. The zero-order valence-corrected chi connectivity index (χ0v) is 22.8. The molecule has 3 aromatic carbocycles. The fourth-order valence-corrected chi connectivity index (χ4v) is 4.64. The number of rotatable bonds is 11. The Bertz CT molecular complexity index is 1380. The van der Waals surface area contributed by atoms with Crippen LogP contribution < -0.4 is 23.7 Å². The van der Waals surface area contributed by atoms with Gasteiger partial charge in [0, 0.05) is 35.4 Å². The molecule has 0 heterocycles. The summed E-state index contributed by atoms with van der Waals surface area (Å²) in [5.74, 6) is -0.272. The fraction of sp³-hybridized carbons (Fsp3) is 0.357. The number of benzene rings is 3. The van der Waals surface area contributed by atoms with Gasteiger partial charge in [-0.05, 0) is 17.7 Å². The van der Waals surface area contributed by atoms with E-state index in [1.54, 1.807) is 25.1 Å². The van der Waals surface area contributed by atoms with Gasteiger partial charge < -0.3 is 38.3 Å². The van der Waals surface area contributed by atoms with Crippen molar-refractivity contribution >= 4 is 22.5 Å². The summed E-state index contributed by atoms with van der Waals surface area (Å²) in [5, 5.41) is 12.2. The molecule has 0 saturated heterocycles. The molecule has 1 N–H and O–H groups in total. The average Bonchev–Trinajstić information content (AvgIpc) is 2.95. The van der Waals surface area contributed by atoms with Crippen LogP contribution in [0.3, 0.4) is 0 Å². The van der Waals surface area contributed by atoms with Gasteiger partial charge in [-0.25, -0.2) is 4.79 Å². The number of esters is 1. The van der Waals surface area contributed by atoms with Crippen molar-refractivity contribution in [2.24, 2.45) is 0 Å². The van der Waals surface area contributed by atoms with E-state index in [4.69, 9.17) is 33.2 Å². The van der Waals surface area contributed by atoms with Crippen molar-refractivity contribution in [2.45, 2.75) is 20.0 Å². The quantitative estimate of drug-likeness (QED) is 0.275. The normalized spacial score (nSPS) is 10.7. The number of methoxy groups -OCH3 is 7. The first-order valence-corrected chi connectivity index (χ1v) is 11.7. The van der Waals surface area contributed by atoms with Crippen molar-refractivity contribution in [3.8, 4) is 45.6 Å². The van der Waals surface area contributed by atoms with Crippen molar-refractivity contribution in [1.29, 1.82) is 0 Å². The van der Waals surface area contributed by atoms with E-state index >= 15 is 0 Å². The number of hydrogen-bond donors (Lipinski definition) is 1. The molecule has 3 rings (SSSR count). The molecule has 0 saturated carbocycles. The fourth-order valence-electron chi connectivity index (χ4n) is 4.64. The minimum Gasteiger partial charge on any atom is -0.506 e. The topological polar surface area (TPSA) is 119 Å². The second-order valence-corrected chi connectivity index (χ2v) is 8.07. The van der Waals surface area contributed by atoms with Gasteiger partial charge in [-0.15, -0.1) is 0 Å². The van der Waals surface area contributed by atoms with Gasteiger partial charge in [0.1, 0.15) is 5.75 Å². The minimum atomic E-state index is -0.825. The Balaban J connectivity index is 2.82. The Morgan fingerprint density at radius 1 is 0.763 bits per heavy atom. The van der Waals surface area contributed by atoms with E-state index in [1.165, 1.54) is 49.8 Å². The standard InChI is InChI=1S/C28H32O10/c1-9-16(29)21-23(28(31)38-8)19(14-10-11-17(33-3)18(12-14)34-4)22-20(24(21)30)15(13-32-2)25(35-5)27(37-7)26(22)36-6/h10-12,30H,9,13H2,1-8H3. The number of ketones is 1. The summed E-state index contributed by atoms with van der Waals surface area (Å²) in [6.45, 7) is 1.62. The number of fused-ring (bicyclic) bond motifs is 1. The van der Waals surface area contributed by atoms with Crippen LogP contribution in [0, 0.1) is 0 Å². The molecule has 0 atom stereocenters. The number of ether oxygens (including phenoxy) is 7. The third-order valence-electron chi connectivity index (χ3n) is 6.25. The molecule has 0 aliphatic heterocycles. The number of aromatic hydroxyl groups is 1. The van der Waals surface area contributed by atoms with Gasteiger partial charge in [-0.3, -0.25) is 4.79 Å². The lowest BCUT2D eigenvalue weighted by Gasteiger charge is -2.25. The van der Waals surface area contributed by atoms with Gasteiger partial charge in [0.05, 0.1) is 60.4 Å². The second-order valence-electron chi connectivity index (χ2n) is 8.07. The number of phenols is 1. The number of carbonyl (C=O) groups excluding carboxylic acids is 2. The van der Waals surface area contributed by atoms with Crippen molar-refractivity contribution in [3.63, 3.8) is 0 Å². The number of carbonyl (C=O) groups is 2. The van der Waals surface area contributed by atoms with E-state index in [0.29, 0.717) is 22.6 Å². The average molecular weight is 529 g/mol. The van der Waals surface area contributed by atoms with Gasteiger partial charge in [0.2, 0.25) is 5.75 Å². The van der Waals surface area contributed by atoms with Crippen molar-refractivity contribution in [3.05, 3.63) is 34.9 Å². The van der Waals surface area contributed by atoms with Crippen LogP contribution in [0.15, 0.2) is 18.2 Å². The zero-order chi connectivity index (χ0) is 28.1. The van der Waals surface area contributed by atoms with Crippen molar-refractivity contribution in [1.82, 2.24) is 0 Å². The van der Waals surface area contributed by atoms with Gasteiger partial charge in [0.25, 0.3) is 0 Å². The predicted molar refractivity (Wildman–Crippen MR) is 140 cm³/mol. The maximum absolute atomic E-state index is 13.3. The third kappa shape index (κ3) is 4.51. The molecule has 10 heteroatoms. The molecular weight excluding hydrogens is 496 g/mol. The molecule has 0 fully saturated rings. The maximum Gasteiger partial charge on any atom is 0.339 e. The molecule has 0 amide bonds. The molecule has 0 aliphatic carbocycles. The first-order valence-electron chi connectivity index (χ1n) is 11.7. The van der Waals surface area contributed by atoms with E-state index in [0.717, 1.165) is 0 Å². The van der Waals surface area contributed by atoms with Crippen LogP contribution in [-0.2, 0) is 16.1 Å². The van der Waals surface area contributed by atoms with E-state index in [2.05, 4.69) is 0 Å². The highest BCUT2D eigenvalue weighted by molar-refractivity contribution is 6.22. The predicted octanol–water partition coefficient (Wildman–Crippen LogP) is 4.78. The summed E-state index contributed by atoms with van der Waals surface area (Å²) in [6, 6.07) is 5.02. The van der Waals surface area contributed by atoms with Crippen LogP contribution >= 0.6 is 0 Å². The van der Waals surface area contributed by atoms with Crippen LogP contribution in [0.2, 0.25) is 0 Å². The highest BCUT2D eigenvalue weighted by atomic mass is 16.5. The summed E-state index contributed by atoms with van der Waals surface area (Å²) >= 11 is 0. The number of phenolic OH excluding ortho intramolecular Hbond substituents is 1. The Labute approximate surface area is 220 Å². The zero-order valence-electron chi connectivity index (χ0n) is 22.8. The highest BCUT2D eigenvalue weighted by Crippen LogP contribution is 2.55. The smallest absolute Gasteiger partial charge is 0.339 e. The summed E-state index contributed by atoms with van der Waals surface area (Å²) < 4.78 is 38.6. The molecule has 10 nitrogen and oxygen atoms in total. The molecule has 0 aromatic heterocycles. The molecule has 3 aromatic rings. The minimum absolute atomic E-state index is 0.0124. The summed E-state index contributed by atoms with van der Waals surface area (Å²) in [6.07, 6.45) is 0.0124.